The molecule has 1 aromatic carbocycles. The number of nitrogens with zero attached hydrogens (tertiary/aromatic N) is 2. The molecule has 2 rings (SSSR count). The number of nitro groups is 1. The molecule has 1 aromatic rings. The minimum atomic E-state index is -0.337. The van der Waals surface area contributed by atoms with Crippen LogP contribution in [-0.4, -0.2) is 35.5 Å². The first-order valence-electron chi connectivity index (χ1n) is 7.30. The van der Waals surface area contributed by atoms with E-state index < -0.39 is 0 Å². The lowest BCUT2D eigenvalue weighted by Gasteiger charge is -2.29. The lowest BCUT2D eigenvalue weighted by molar-refractivity contribution is -0.385. The van der Waals surface area contributed by atoms with Gasteiger partial charge in [0.1, 0.15) is 0 Å². The molecule has 0 saturated carbocycles. The van der Waals surface area contributed by atoms with E-state index in [-0.39, 0.29) is 10.6 Å². The molecule has 110 valence electrons. The Hall–Kier alpha value is -1.62. The minimum Gasteiger partial charge on any atom is -0.381 e. The third-order valence-electron chi connectivity index (χ3n) is 3.79. The maximum atomic E-state index is 10.8. The van der Waals surface area contributed by atoms with Crippen molar-refractivity contribution in [1.82, 2.24) is 4.90 Å². The van der Waals surface area contributed by atoms with Crippen LogP contribution in [0.1, 0.15) is 31.7 Å². The Balaban J connectivity index is 1.92. The van der Waals surface area contributed by atoms with Gasteiger partial charge in [-0.2, -0.15) is 0 Å². The van der Waals surface area contributed by atoms with Crippen LogP contribution in [0.2, 0.25) is 0 Å². The first-order valence-corrected chi connectivity index (χ1v) is 7.30. The van der Waals surface area contributed by atoms with Gasteiger partial charge in [0.2, 0.25) is 0 Å². The van der Waals surface area contributed by atoms with E-state index in [2.05, 4.69) is 17.1 Å². The second kappa shape index (κ2) is 6.70. The summed E-state index contributed by atoms with van der Waals surface area (Å²) >= 11 is 0. The van der Waals surface area contributed by atoms with Gasteiger partial charge >= 0.3 is 0 Å². The Morgan fingerprint density at radius 3 is 2.65 bits per heavy atom. The van der Waals surface area contributed by atoms with Crippen molar-refractivity contribution in [1.29, 1.82) is 0 Å². The van der Waals surface area contributed by atoms with Crippen LogP contribution in [0.25, 0.3) is 0 Å². The molecule has 1 N–H and O–H groups in total. The predicted octanol–water partition coefficient (Wildman–Crippen LogP) is 3.19. The van der Waals surface area contributed by atoms with Crippen molar-refractivity contribution in [2.45, 2.75) is 39.2 Å². The third kappa shape index (κ3) is 3.93. The summed E-state index contributed by atoms with van der Waals surface area (Å²) in [7, 11) is 0. The molecule has 0 radical (unpaired) electrons. The van der Waals surface area contributed by atoms with Gasteiger partial charge in [0.25, 0.3) is 5.69 Å². The summed E-state index contributed by atoms with van der Waals surface area (Å²) in [6.45, 7) is 7.33. The lowest BCUT2D eigenvalue weighted by Crippen LogP contribution is -2.38. The lowest BCUT2D eigenvalue weighted by atomic mass is 10.1. The van der Waals surface area contributed by atoms with Crippen LogP contribution in [0.4, 0.5) is 11.4 Å². The predicted molar refractivity (Wildman–Crippen MR) is 81.2 cm³/mol. The molecule has 20 heavy (non-hydrogen) atoms. The Morgan fingerprint density at radius 1 is 1.35 bits per heavy atom. The molecule has 1 saturated heterocycles. The highest BCUT2D eigenvalue weighted by Crippen LogP contribution is 2.22. The summed E-state index contributed by atoms with van der Waals surface area (Å²) in [6, 6.07) is 5.56. The van der Waals surface area contributed by atoms with Gasteiger partial charge < -0.3 is 10.2 Å². The molecule has 5 heteroatoms. The fourth-order valence-corrected chi connectivity index (χ4v) is 2.81. The van der Waals surface area contributed by atoms with E-state index in [4.69, 9.17) is 0 Å². The van der Waals surface area contributed by atoms with Crippen molar-refractivity contribution in [2.24, 2.45) is 0 Å². The molecule has 5 nitrogen and oxygen atoms in total. The van der Waals surface area contributed by atoms with Gasteiger partial charge in [-0.1, -0.05) is 6.42 Å². The number of nitrogens with one attached hydrogen (secondary N) is 1. The van der Waals surface area contributed by atoms with Gasteiger partial charge in [0.15, 0.2) is 0 Å². The molecule has 1 fully saturated rings. The van der Waals surface area contributed by atoms with E-state index in [1.165, 1.54) is 32.4 Å². The average molecular weight is 277 g/mol. The van der Waals surface area contributed by atoms with Gasteiger partial charge in [-0.25, -0.2) is 0 Å². The number of rotatable bonds is 5. The highest BCUT2D eigenvalue weighted by Gasteiger charge is 2.14. The summed E-state index contributed by atoms with van der Waals surface area (Å²) in [4.78, 5) is 12.9. The highest BCUT2D eigenvalue weighted by atomic mass is 16.6. The second-order valence-electron chi connectivity index (χ2n) is 5.67. The van der Waals surface area contributed by atoms with Crippen LogP contribution < -0.4 is 5.32 Å². The van der Waals surface area contributed by atoms with Gasteiger partial charge in [-0.3, -0.25) is 10.1 Å². The summed E-state index contributed by atoms with van der Waals surface area (Å²) in [5.41, 5.74) is 1.84. The van der Waals surface area contributed by atoms with Gasteiger partial charge in [0.05, 0.1) is 4.92 Å². The van der Waals surface area contributed by atoms with Crippen LogP contribution in [-0.2, 0) is 0 Å². The standard InChI is InChI=1S/C15H23N3O2/c1-12-10-14(6-7-15(12)18(19)20)16-13(2)11-17-8-4-3-5-9-17/h6-7,10,13,16H,3-5,8-9,11H2,1-2H3. The topological polar surface area (TPSA) is 58.4 Å². The molecule has 0 amide bonds. The van der Waals surface area contributed by atoms with Crippen molar-refractivity contribution in [3.8, 4) is 0 Å². The first kappa shape index (κ1) is 14.8. The number of nitro benzene ring substituents is 1. The van der Waals surface area contributed by atoms with Gasteiger partial charge in [-0.05, 0) is 51.9 Å². The number of anilines is 1. The minimum absolute atomic E-state index is 0.180. The van der Waals surface area contributed by atoms with E-state index in [1.807, 2.05) is 6.07 Å². The van der Waals surface area contributed by atoms with Gasteiger partial charge in [-0.15, -0.1) is 0 Å². The fourth-order valence-electron chi connectivity index (χ4n) is 2.81. The van der Waals surface area contributed by atoms with Crippen molar-refractivity contribution in [2.75, 3.05) is 25.0 Å². The van der Waals surface area contributed by atoms with Crippen LogP contribution in [0.3, 0.4) is 0 Å². The summed E-state index contributed by atoms with van der Waals surface area (Å²) in [6.07, 6.45) is 3.94. The largest absolute Gasteiger partial charge is 0.381 e. The summed E-state index contributed by atoms with van der Waals surface area (Å²) in [5.74, 6) is 0. The summed E-state index contributed by atoms with van der Waals surface area (Å²) < 4.78 is 0. The Bertz CT molecular complexity index is 470. The zero-order valence-electron chi connectivity index (χ0n) is 12.3. The molecule has 1 aliphatic heterocycles. The van der Waals surface area contributed by atoms with E-state index >= 15 is 0 Å². The number of likely N-dealkylation sites (tertiary alicyclic amines) is 1. The van der Waals surface area contributed by atoms with Crippen molar-refractivity contribution in [3.05, 3.63) is 33.9 Å². The smallest absolute Gasteiger partial charge is 0.272 e. The van der Waals surface area contributed by atoms with Crippen LogP contribution in [0, 0.1) is 17.0 Å². The molecule has 0 spiro atoms. The zero-order chi connectivity index (χ0) is 14.5. The Labute approximate surface area is 120 Å². The molecule has 0 bridgehead atoms. The number of hydrogen-bond donors (Lipinski definition) is 1. The highest BCUT2D eigenvalue weighted by molar-refractivity contribution is 5.53. The Morgan fingerprint density at radius 2 is 2.05 bits per heavy atom. The van der Waals surface area contributed by atoms with Crippen molar-refractivity contribution in [3.63, 3.8) is 0 Å². The van der Waals surface area contributed by atoms with E-state index in [0.717, 1.165) is 12.2 Å². The molecule has 1 aliphatic rings. The van der Waals surface area contributed by atoms with E-state index in [0.29, 0.717) is 11.6 Å². The third-order valence-corrected chi connectivity index (χ3v) is 3.79. The maximum Gasteiger partial charge on any atom is 0.272 e. The quantitative estimate of drug-likeness (QED) is 0.663. The molecule has 1 unspecified atom stereocenters. The first-order chi connectivity index (χ1) is 9.56. The molecule has 1 atom stereocenters. The average Bonchev–Trinajstić information content (AvgIpc) is 2.39. The van der Waals surface area contributed by atoms with E-state index in [9.17, 15) is 10.1 Å². The van der Waals surface area contributed by atoms with E-state index in [1.54, 1.807) is 19.1 Å². The number of aryl methyl sites for hydroxylation is 1. The normalized spacial score (nSPS) is 17.7. The molecular weight excluding hydrogens is 254 g/mol. The van der Waals surface area contributed by atoms with Gasteiger partial charge in [0, 0.05) is 29.9 Å². The fraction of sp³-hybridized carbons (Fsp3) is 0.600. The van der Waals surface area contributed by atoms with Crippen molar-refractivity contribution < 1.29 is 4.92 Å². The molecule has 0 aromatic heterocycles. The molecular formula is C15H23N3O2. The molecule has 0 aliphatic carbocycles. The SMILES string of the molecule is Cc1cc(NC(C)CN2CCCCC2)ccc1[N+](=O)[O-]. The zero-order valence-corrected chi connectivity index (χ0v) is 12.3. The van der Waals surface area contributed by atoms with Crippen LogP contribution in [0.5, 0.6) is 0 Å². The number of piperidine rings is 1. The maximum absolute atomic E-state index is 10.8. The second-order valence-corrected chi connectivity index (χ2v) is 5.67. The number of hydrogen-bond acceptors (Lipinski definition) is 4. The molecule has 1 heterocycles. The Kier molecular flexibility index (Phi) is 4.95. The summed E-state index contributed by atoms with van der Waals surface area (Å²) in [5, 5.41) is 14.2. The monoisotopic (exact) mass is 277 g/mol. The van der Waals surface area contributed by atoms with Crippen LogP contribution >= 0.6 is 0 Å². The van der Waals surface area contributed by atoms with Crippen LogP contribution in [0.15, 0.2) is 18.2 Å². The van der Waals surface area contributed by atoms with Crippen molar-refractivity contribution >= 4 is 11.4 Å². The number of benzene rings is 1.